The Labute approximate surface area is 328 Å². The molecule has 0 N–H and O–H groups in total. The maximum absolute atomic E-state index is 6.86. The molecule has 2 rings (SSSR count). The van der Waals surface area contributed by atoms with Gasteiger partial charge in [-0.1, -0.05) is 146 Å². The molecule has 2 atom stereocenters. The van der Waals surface area contributed by atoms with Crippen LogP contribution in [0.4, 0.5) is 0 Å². The van der Waals surface area contributed by atoms with E-state index in [-0.39, 0.29) is 11.9 Å². The van der Waals surface area contributed by atoms with E-state index in [4.69, 9.17) is 9.47 Å². The fraction of sp³-hybridized carbons (Fsp3) is 0.694. The Morgan fingerprint density at radius 1 is 0.623 bits per heavy atom. The summed E-state index contributed by atoms with van der Waals surface area (Å²) in [4.78, 5) is 6.70. The van der Waals surface area contributed by atoms with Gasteiger partial charge in [0, 0.05) is 38.3 Å². The van der Waals surface area contributed by atoms with Crippen LogP contribution < -0.4 is 0 Å². The summed E-state index contributed by atoms with van der Waals surface area (Å²) < 4.78 is 13.5. The van der Waals surface area contributed by atoms with E-state index in [9.17, 15) is 0 Å². The molecule has 2 heterocycles. The van der Waals surface area contributed by atoms with Crippen LogP contribution in [0.3, 0.4) is 0 Å². The van der Waals surface area contributed by atoms with Crippen molar-refractivity contribution < 1.29 is 9.47 Å². The maximum Gasteiger partial charge on any atom is 0.168 e. The fourth-order valence-electron chi connectivity index (χ4n) is 7.14. The first-order chi connectivity index (χ1) is 26.2. The molecule has 1 saturated heterocycles. The smallest absolute Gasteiger partial charge is 0.168 e. The van der Waals surface area contributed by atoms with E-state index in [0.717, 1.165) is 71.2 Å². The molecule has 0 amide bonds. The maximum atomic E-state index is 6.86. The lowest BCUT2D eigenvalue weighted by Crippen LogP contribution is -2.32. The molecular formula is C49H82N2O2. The highest BCUT2D eigenvalue weighted by Crippen LogP contribution is 2.36. The standard InChI is InChI=1S/C49H82N2O2/c1-4-7-9-11-13-15-17-19-21-23-25-27-29-31-33-35-40-49(41-36-34-32-30-28-26-24-22-20-18-16-14-12-10-8-5-2)52-46-48(53-49)39-44-51(6-3)45-47-37-42-50-43-38-47/h7,9,13-16,19-22,37-38,42-43,48H,4-6,8,10-12,17-18,23-36,39-41,44-46H2,1-3H3/b9-7-,15-13-,16-14-,21-19-,22-20-. The summed E-state index contributed by atoms with van der Waals surface area (Å²) in [5, 5.41) is 0. The number of hydrogen-bond donors (Lipinski definition) is 0. The van der Waals surface area contributed by atoms with Crippen molar-refractivity contribution in [3.05, 3.63) is 90.9 Å². The number of rotatable bonds is 35. The van der Waals surface area contributed by atoms with Gasteiger partial charge >= 0.3 is 0 Å². The van der Waals surface area contributed by atoms with Crippen LogP contribution in [0.25, 0.3) is 0 Å². The molecule has 1 fully saturated rings. The van der Waals surface area contributed by atoms with Gasteiger partial charge in [0.05, 0.1) is 12.7 Å². The Morgan fingerprint density at radius 3 is 1.64 bits per heavy atom. The Morgan fingerprint density at radius 2 is 1.11 bits per heavy atom. The van der Waals surface area contributed by atoms with E-state index in [1.54, 1.807) is 0 Å². The van der Waals surface area contributed by atoms with E-state index in [1.165, 1.54) is 121 Å². The number of unbranched alkanes of at least 4 members (excludes halogenated alkanes) is 15. The predicted molar refractivity (Wildman–Crippen MR) is 231 cm³/mol. The van der Waals surface area contributed by atoms with E-state index in [2.05, 4.69) is 104 Å². The second kappa shape index (κ2) is 34.2. The van der Waals surface area contributed by atoms with Crippen molar-refractivity contribution in [1.82, 2.24) is 9.88 Å². The van der Waals surface area contributed by atoms with Gasteiger partial charge in [0.25, 0.3) is 0 Å². The van der Waals surface area contributed by atoms with Crippen molar-refractivity contribution >= 4 is 0 Å². The van der Waals surface area contributed by atoms with Crippen molar-refractivity contribution in [1.29, 1.82) is 0 Å². The van der Waals surface area contributed by atoms with Crippen LogP contribution in [0.5, 0.6) is 0 Å². The molecule has 0 saturated carbocycles. The zero-order valence-corrected chi connectivity index (χ0v) is 34.9. The number of aromatic nitrogens is 1. The van der Waals surface area contributed by atoms with Crippen molar-refractivity contribution in [2.45, 2.75) is 200 Å². The Bertz CT molecular complexity index is 1090. The third-order valence-corrected chi connectivity index (χ3v) is 10.5. The molecule has 2 unspecified atom stereocenters. The monoisotopic (exact) mass is 731 g/mol. The summed E-state index contributed by atoms with van der Waals surface area (Å²) in [5.41, 5.74) is 1.33. The summed E-state index contributed by atoms with van der Waals surface area (Å²) in [7, 11) is 0. The first-order valence-corrected chi connectivity index (χ1v) is 22.4. The average molecular weight is 731 g/mol. The highest BCUT2D eigenvalue weighted by Gasteiger charge is 2.40. The summed E-state index contributed by atoms with van der Waals surface area (Å²) in [6.45, 7) is 10.5. The molecule has 53 heavy (non-hydrogen) atoms. The summed E-state index contributed by atoms with van der Waals surface area (Å²) >= 11 is 0. The second-order valence-corrected chi connectivity index (χ2v) is 15.3. The minimum absolute atomic E-state index is 0.201. The fourth-order valence-corrected chi connectivity index (χ4v) is 7.14. The van der Waals surface area contributed by atoms with Gasteiger partial charge in [-0.25, -0.2) is 0 Å². The number of allylic oxidation sites excluding steroid dienone is 10. The number of hydrogen-bond acceptors (Lipinski definition) is 4. The number of nitrogens with zero attached hydrogens (tertiary/aromatic N) is 2. The van der Waals surface area contributed by atoms with Crippen LogP contribution in [-0.4, -0.2) is 41.5 Å². The Hall–Kier alpha value is -2.27. The minimum Gasteiger partial charge on any atom is -0.347 e. The molecule has 300 valence electrons. The Balaban J connectivity index is 1.66. The molecule has 0 spiro atoms. The van der Waals surface area contributed by atoms with Gasteiger partial charge in [-0.05, 0) is 108 Å². The summed E-state index contributed by atoms with van der Waals surface area (Å²) in [6, 6.07) is 4.25. The summed E-state index contributed by atoms with van der Waals surface area (Å²) in [5.74, 6) is -0.367. The first kappa shape index (κ1) is 46.9. The molecule has 0 aliphatic carbocycles. The molecule has 4 nitrogen and oxygen atoms in total. The van der Waals surface area contributed by atoms with Crippen molar-refractivity contribution in [2.75, 3.05) is 19.7 Å². The number of ether oxygens (including phenoxy) is 2. The lowest BCUT2D eigenvalue weighted by Gasteiger charge is -2.29. The van der Waals surface area contributed by atoms with Crippen molar-refractivity contribution in [3.8, 4) is 0 Å². The third kappa shape index (κ3) is 26.2. The molecular weight excluding hydrogens is 649 g/mol. The van der Waals surface area contributed by atoms with Crippen LogP contribution in [0, 0.1) is 0 Å². The summed E-state index contributed by atoms with van der Waals surface area (Å²) in [6.07, 6.45) is 57.9. The molecule has 1 aromatic heterocycles. The molecule has 0 bridgehead atoms. The van der Waals surface area contributed by atoms with Gasteiger partial charge < -0.3 is 9.47 Å². The molecule has 1 aliphatic heterocycles. The van der Waals surface area contributed by atoms with E-state index >= 15 is 0 Å². The average Bonchev–Trinajstić information content (AvgIpc) is 3.59. The van der Waals surface area contributed by atoms with Crippen LogP contribution in [0.1, 0.15) is 187 Å². The molecule has 1 aromatic rings. The molecule has 0 radical (unpaired) electrons. The van der Waals surface area contributed by atoms with Crippen molar-refractivity contribution in [2.24, 2.45) is 0 Å². The highest BCUT2D eigenvalue weighted by molar-refractivity contribution is 5.09. The van der Waals surface area contributed by atoms with Gasteiger partial charge in [0.15, 0.2) is 5.79 Å². The zero-order valence-electron chi connectivity index (χ0n) is 34.9. The van der Waals surface area contributed by atoms with Gasteiger partial charge in [0.1, 0.15) is 0 Å². The SMILES string of the molecule is CC/C=C\C/C=C\C/C=C\CCCCCCCCC1(CCCCCCCC/C=C\C/C=C\CCCCC)OCC(CCN(CC)Cc2ccncc2)O1. The van der Waals surface area contributed by atoms with Crippen LogP contribution >= 0.6 is 0 Å². The lowest BCUT2D eigenvalue weighted by molar-refractivity contribution is -0.180. The third-order valence-electron chi connectivity index (χ3n) is 10.5. The van der Waals surface area contributed by atoms with E-state index in [0.29, 0.717) is 0 Å². The highest BCUT2D eigenvalue weighted by atomic mass is 16.7. The molecule has 4 heteroatoms. The number of pyridine rings is 1. The van der Waals surface area contributed by atoms with Crippen LogP contribution in [0.15, 0.2) is 85.3 Å². The van der Waals surface area contributed by atoms with Gasteiger partial charge in [-0.15, -0.1) is 0 Å². The first-order valence-electron chi connectivity index (χ1n) is 22.4. The quantitative estimate of drug-likeness (QED) is 0.0514. The molecule has 0 aromatic carbocycles. The van der Waals surface area contributed by atoms with Gasteiger partial charge in [-0.3, -0.25) is 9.88 Å². The van der Waals surface area contributed by atoms with Crippen LogP contribution in [-0.2, 0) is 16.0 Å². The minimum atomic E-state index is -0.367. The topological polar surface area (TPSA) is 34.6 Å². The van der Waals surface area contributed by atoms with Crippen LogP contribution in [0.2, 0.25) is 0 Å². The Kier molecular flexibility index (Phi) is 30.3. The largest absolute Gasteiger partial charge is 0.347 e. The zero-order chi connectivity index (χ0) is 37.8. The second-order valence-electron chi connectivity index (χ2n) is 15.3. The van der Waals surface area contributed by atoms with E-state index < -0.39 is 0 Å². The normalized spacial score (nSPS) is 18.2. The van der Waals surface area contributed by atoms with Crippen molar-refractivity contribution in [3.63, 3.8) is 0 Å². The van der Waals surface area contributed by atoms with Gasteiger partial charge in [0.2, 0.25) is 0 Å². The lowest BCUT2D eigenvalue weighted by atomic mass is 9.98. The molecule has 1 aliphatic rings. The predicted octanol–water partition coefficient (Wildman–Crippen LogP) is 14.6. The van der Waals surface area contributed by atoms with E-state index in [1.807, 2.05) is 12.4 Å². The van der Waals surface area contributed by atoms with Gasteiger partial charge in [-0.2, -0.15) is 0 Å².